The minimum atomic E-state index is -0.929. The summed E-state index contributed by atoms with van der Waals surface area (Å²) in [6.45, 7) is 7.43. The first-order chi connectivity index (χ1) is 12.1. The Morgan fingerprint density at radius 3 is 2.35 bits per heavy atom. The summed E-state index contributed by atoms with van der Waals surface area (Å²) in [7, 11) is 6.22. The highest BCUT2D eigenvalue weighted by Crippen LogP contribution is 2.36. The molecule has 2 aromatic carbocycles. The molecule has 0 saturated carbocycles. The summed E-state index contributed by atoms with van der Waals surface area (Å²) < 4.78 is 7.12. The van der Waals surface area contributed by atoms with Crippen molar-refractivity contribution < 1.29 is 9.84 Å². The highest BCUT2D eigenvalue weighted by atomic mass is 32.1. The molecule has 0 amide bonds. The zero-order valence-corrected chi connectivity index (χ0v) is 16.7. The lowest BCUT2D eigenvalue weighted by atomic mass is 9.75. The highest BCUT2D eigenvalue weighted by molar-refractivity contribution is 7.22. The Balaban J connectivity index is 1.85. The van der Waals surface area contributed by atoms with Crippen LogP contribution in [0.25, 0.3) is 20.5 Å². The van der Waals surface area contributed by atoms with E-state index in [1.807, 2.05) is 12.1 Å². The molecule has 1 heterocycles. The van der Waals surface area contributed by atoms with Gasteiger partial charge in [-0.2, -0.15) is 0 Å². The summed E-state index contributed by atoms with van der Waals surface area (Å²) in [5.41, 5.74) is 0.771. The van der Waals surface area contributed by atoms with E-state index in [2.05, 4.69) is 43.3 Å². The molecule has 1 N–H and O–H groups in total. The highest BCUT2D eigenvalue weighted by Gasteiger charge is 2.28. The zero-order valence-electron chi connectivity index (χ0n) is 15.9. The molecule has 0 aliphatic carbocycles. The van der Waals surface area contributed by atoms with E-state index in [0.29, 0.717) is 6.42 Å². The van der Waals surface area contributed by atoms with E-state index >= 15 is 0 Å². The van der Waals surface area contributed by atoms with Crippen molar-refractivity contribution in [2.24, 2.45) is 0 Å². The zero-order chi connectivity index (χ0) is 18.9. The van der Waals surface area contributed by atoms with E-state index in [-0.39, 0.29) is 0 Å². The maximum Gasteiger partial charge on any atom is 0.131 e. The van der Waals surface area contributed by atoms with Gasteiger partial charge in [0.1, 0.15) is 13.6 Å². The van der Waals surface area contributed by atoms with Crippen molar-refractivity contribution in [3.63, 3.8) is 0 Å². The number of benzene rings is 2. The van der Waals surface area contributed by atoms with Gasteiger partial charge in [0.15, 0.2) is 0 Å². The van der Waals surface area contributed by atoms with Gasteiger partial charge < -0.3 is 9.84 Å². The molecule has 26 heavy (non-hydrogen) atoms. The van der Waals surface area contributed by atoms with Crippen molar-refractivity contribution in [1.82, 2.24) is 0 Å². The Morgan fingerprint density at radius 1 is 1.04 bits per heavy atom. The molecule has 1 atom stereocenters. The molecule has 134 valence electrons. The maximum atomic E-state index is 10.0. The molecule has 0 aliphatic rings. The first kappa shape index (κ1) is 19.0. The van der Waals surface area contributed by atoms with Gasteiger partial charge in [0.2, 0.25) is 0 Å². The largest absolute Gasteiger partial charge is 0.498 e. The van der Waals surface area contributed by atoms with Gasteiger partial charge in [-0.25, -0.2) is 0 Å². The molecule has 2 nitrogen and oxygen atoms in total. The molecule has 0 aliphatic heterocycles. The van der Waals surface area contributed by atoms with Crippen LogP contribution in [0.2, 0.25) is 0 Å². The van der Waals surface area contributed by atoms with Gasteiger partial charge in [0, 0.05) is 16.0 Å². The Labute approximate surface area is 161 Å². The number of ether oxygens (including phenoxy) is 1. The van der Waals surface area contributed by atoms with Crippen LogP contribution in [0.4, 0.5) is 0 Å². The molecule has 3 rings (SSSR count). The van der Waals surface area contributed by atoms with Crippen molar-refractivity contribution in [2.75, 3.05) is 0 Å². The van der Waals surface area contributed by atoms with Gasteiger partial charge in [-0.1, -0.05) is 31.2 Å². The SMILES string of the molecule is [B]C(C)(CC(C)(C)O)Oc1ccc2cc(-c3ccc(CC)cc3)sc2c1. The van der Waals surface area contributed by atoms with Gasteiger partial charge in [-0.05, 0) is 68.0 Å². The Kier molecular flexibility index (Phi) is 5.18. The van der Waals surface area contributed by atoms with E-state index in [9.17, 15) is 5.11 Å². The van der Waals surface area contributed by atoms with Crippen LogP contribution >= 0.6 is 11.3 Å². The van der Waals surface area contributed by atoms with Crippen LogP contribution in [-0.4, -0.2) is 24.1 Å². The van der Waals surface area contributed by atoms with E-state index in [1.165, 1.54) is 21.4 Å². The van der Waals surface area contributed by atoms with Crippen LogP contribution in [0.3, 0.4) is 0 Å². The van der Waals surface area contributed by atoms with Crippen LogP contribution in [0.15, 0.2) is 48.5 Å². The monoisotopic (exact) mass is 364 g/mol. The molecule has 3 aromatic rings. The van der Waals surface area contributed by atoms with Crippen LogP contribution < -0.4 is 4.74 Å². The van der Waals surface area contributed by atoms with E-state index in [1.54, 1.807) is 32.1 Å². The Bertz CT molecular complexity index is 889. The molecule has 0 bridgehead atoms. The normalized spacial score (nSPS) is 14.3. The minimum Gasteiger partial charge on any atom is -0.498 e. The van der Waals surface area contributed by atoms with E-state index in [4.69, 9.17) is 12.6 Å². The van der Waals surface area contributed by atoms with Crippen LogP contribution in [0.5, 0.6) is 5.75 Å². The summed E-state index contributed by atoms with van der Waals surface area (Å²) in [6.07, 6.45) is 1.40. The lowest BCUT2D eigenvalue weighted by molar-refractivity contribution is 0.0172. The number of hydrogen-bond donors (Lipinski definition) is 1. The fraction of sp³-hybridized carbons (Fsp3) is 0.364. The molecule has 2 radical (unpaired) electrons. The summed E-state index contributed by atoms with van der Waals surface area (Å²) >= 11 is 1.75. The summed E-state index contributed by atoms with van der Waals surface area (Å²) in [4.78, 5) is 1.24. The molecular weight excluding hydrogens is 339 g/mol. The first-order valence-electron chi connectivity index (χ1n) is 8.98. The van der Waals surface area contributed by atoms with Gasteiger partial charge >= 0.3 is 0 Å². The molecule has 4 heteroatoms. The Morgan fingerprint density at radius 2 is 1.73 bits per heavy atom. The summed E-state index contributed by atoms with van der Waals surface area (Å²) in [5, 5.41) is 11.2. The lowest BCUT2D eigenvalue weighted by Crippen LogP contribution is -2.40. The van der Waals surface area contributed by atoms with Crippen LogP contribution in [-0.2, 0) is 6.42 Å². The second-order valence-electron chi connectivity index (χ2n) is 7.76. The molecule has 0 saturated heterocycles. The number of thiophene rings is 1. The van der Waals surface area contributed by atoms with Gasteiger partial charge in [0.05, 0.1) is 11.1 Å². The average molecular weight is 364 g/mol. The number of rotatable bonds is 6. The van der Waals surface area contributed by atoms with Crippen LogP contribution in [0, 0.1) is 0 Å². The van der Waals surface area contributed by atoms with Crippen molar-refractivity contribution in [3.05, 3.63) is 54.1 Å². The number of hydrogen-bond acceptors (Lipinski definition) is 3. The maximum absolute atomic E-state index is 10.0. The average Bonchev–Trinajstić information content (AvgIpc) is 2.95. The number of aliphatic hydroxyl groups is 1. The van der Waals surface area contributed by atoms with Gasteiger partial charge in [-0.3, -0.25) is 0 Å². The van der Waals surface area contributed by atoms with Gasteiger partial charge in [0.25, 0.3) is 0 Å². The standard InChI is InChI=1S/C22H25BO2S/c1-5-15-6-8-16(9-7-15)19-12-17-10-11-18(13-20(17)26-19)25-22(4,23)14-21(2,3)24/h6-13,24H,5,14H2,1-4H3. The fourth-order valence-electron chi connectivity index (χ4n) is 3.29. The number of aryl methyl sites for hydroxylation is 1. The topological polar surface area (TPSA) is 29.5 Å². The molecule has 0 spiro atoms. The van der Waals surface area contributed by atoms with Crippen molar-refractivity contribution >= 4 is 29.3 Å². The number of fused-ring (bicyclic) bond motifs is 1. The molecular formula is C22H25BO2S. The lowest BCUT2D eigenvalue weighted by Gasteiger charge is -2.32. The van der Waals surface area contributed by atoms with E-state index < -0.39 is 11.1 Å². The predicted octanol–water partition coefficient (Wildman–Crippen LogP) is 5.56. The smallest absolute Gasteiger partial charge is 0.131 e. The third-order valence-electron chi connectivity index (χ3n) is 4.27. The van der Waals surface area contributed by atoms with E-state index in [0.717, 1.165) is 16.9 Å². The quantitative estimate of drug-likeness (QED) is 0.581. The summed E-state index contributed by atoms with van der Waals surface area (Å²) in [5.74, 6) is 0.724. The fourth-order valence-corrected chi connectivity index (χ4v) is 4.38. The second-order valence-corrected chi connectivity index (χ2v) is 8.85. The van der Waals surface area contributed by atoms with Crippen molar-refractivity contribution in [3.8, 4) is 16.2 Å². The second kappa shape index (κ2) is 7.09. The minimum absolute atomic E-state index is 0.345. The summed E-state index contributed by atoms with van der Waals surface area (Å²) in [6, 6.07) is 17.0. The van der Waals surface area contributed by atoms with Crippen molar-refractivity contribution in [1.29, 1.82) is 0 Å². The van der Waals surface area contributed by atoms with Crippen LogP contribution in [0.1, 0.15) is 39.7 Å². The third-order valence-corrected chi connectivity index (χ3v) is 5.42. The van der Waals surface area contributed by atoms with Gasteiger partial charge in [-0.15, -0.1) is 11.3 Å². The van der Waals surface area contributed by atoms with Crippen molar-refractivity contribution in [2.45, 2.75) is 51.6 Å². The molecule has 1 aromatic heterocycles. The first-order valence-corrected chi connectivity index (χ1v) is 9.80. The molecule has 0 fully saturated rings. The molecule has 1 unspecified atom stereocenters. The third kappa shape index (κ3) is 4.69. The predicted molar refractivity (Wildman–Crippen MR) is 112 cm³/mol. The Hall–Kier alpha value is -1.78.